The van der Waals surface area contributed by atoms with E-state index in [1.54, 1.807) is 31.4 Å². The fourth-order valence-corrected chi connectivity index (χ4v) is 3.35. The minimum absolute atomic E-state index is 0.229. The zero-order valence-corrected chi connectivity index (χ0v) is 12.4. The first-order chi connectivity index (χ1) is 10.1. The van der Waals surface area contributed by atoms with Gasteiger partial charge in [0.1, 0.15) is 17.0 Å². The number of carboxylic acids is 1. The number of nitrogens with one attached hydrogen (secondary N) is 1. The number of carbonyl (C=O) groups excluding carboxylic acids is 1. The number of amides is 1. The highest BCUT2D eigenvalue weighted by Crippen LogP contribution is 2.28. The van der Waals surface area contributed by atoms with Gasteiger partial charge in [0, 0.05) is 11.8 Å². The van der Waals surface area contributed by atoms with Crippen LogP contribution in [0.4, 0.5) is 0 Å². The number of methoxy groups -OCH3 is 1. The predicted molar refractivity (Wildman–Crippen MR) is 78.9 cm³/mol. The number of carboxylic acid groups (broad SMARTS) is 1. The second kappa shape index (κ2) is 6.71. The smallest absolute Gasteiger partial charge is 0.330 e. The highest BCUT2D eigenvalue weighted by molar-refractivity contribution is 7.99. The topological polar surface area (TPSA) is 84.9 Å². The van der Waals surface area contributed by atoms with Crippen molar-refractivity contribution >= 4 is 23.6 Å². The van der Waals surface area contributed by atoms with Crippen LogP contribution in [-0.4, -0.2) is 47.7 Å². The molecule has 0 bridgehead atoms. The second-order valence-corrected chi connectivity index (χ2v) is 5.81. The average molecular weight is 311 g/mol. The molecule has 1 aromatic rings. The molecule has 0 aromatic heterocycles. The van der Waals surface area contributed by atoms with Gasteiger partial charge >= 0.3 is 5.97 Å². The molecule has 1 heterocycles. The van der Waals surface area contributed by atoms with Crippen LogP contribution in [0.3, 0.4) is 0 Å². The maximum absolute atomic E-state index is 11.9. The molecule has 1 atom stereocenters. The van der Waals surface area contributed by atoms with Crippen LogP contribution < -0.4 is 14.8 Å². The SMILES string of the molecule is COc1cccc(OCC(=O)NC2(C(=O)O)CCSC2)c1. The number of hydrogen-bond donors (Lipinski definition) is 2. The Morgan fingerprint density at radius 1 is 1.43 bits per heavy atom. The van der Waals surface area contributed by atoms with Crippen molar-refractivity contribution in [2.24, 2.45) is 0 Å². The van der Waals surface area contributed by atoms with Crippen molar-refractivity contribution < 1.29 is 24.2 Å². The van der Waals surface area contributed by atoms with Crippen molar-refractivity contribution in [1.29, 1.82) is 0 Å². The monoisotopic (exact) mass is 311 g/mol. The first-order valence-corrected chi connectivity index (χ1v) is 7.60. The molecule has 1 amide bonds. The molecule has 1 aliphatic heterocycles. The van der Waals surface area contributed by atoms with Crippen LogP contribution in [0.1, 0.15) is 6.42 Å². The minimum Gasteiger partial charge on any atom is -0.497 e. The third kappa shape index (κ3) is 3.81. The molecule has 0 saturated carbocycles. The Hall–Kier alpha value is -1.89. The lowest BCUT2D eigenvalue weighted by Gasteiger charge is -2.24. The van der Waals surface area contributed by atoms with Gasteiger partial charge in [-0.1, -0.05) is 6.07 Å². The number of rotatable bonds is 6. The number of carbonyl (C=O) groups is 2. The quantitative estimate of drug-likeness (QED) is 0.820. The molecule has 1 saturated heterocycles. The van der Waals surface area contributed by atoms with E-state index in [9.17, 15) is 14.7 Å². The first-order valence-electron chi connectivity index (χ1n) is 6.45. The van der Waals surface area contributed by atoms with Crippen LogP contribution in [0, 0.1) is 0 Å². The summed E-state index contributed by atoms with van der Waals surface area (Å²) in [6, 6.07) is 6.88. The summed E-state index contributed by atoms with van der Waals surface area (Å²) < 4.78 is 10.4. The molecule has 114 valence electrons. The van der Waals surface area contributed by atoms with E-state index in [0.717, 1.165) is 5.75 Å². The Morgan fingerprint density at radius 2 is 2.19 bits per heavy atom. The molecule has 21 heavy (non-hydrogen) atoms. The molecule has 1 aromatic carbocycles. The van der Waals surface area contributed by atoms with Gasteiger partial charge in [0.15, 0.2) is 6.61 Å². The van der Waals surface area contributed by atoms with Crippen LogP contribution in [0.25, 0.3) is 0 Å². The summed E-state index contributed by atoms with van der Waals surface area (Å²) in [5, 5.41) is 11.9. The maximum atomic E-state index is 11.9. The summed E-state index contributed by atoms with van der Waals surface area (Å²) in [5.41, 5.74) is -1.17. The lowest BCUT2D eigenvalue weighted by Crippen LogP contribution is -2.55. The Kier molecular flexibility index (Phi) is 4.95. The summed E-state index contributed by atoms with van der Waals surface area (Å²) in [4.78, 5) is 23.2. The second-order valence-electron chi connectivity index (χ2n) is 4.71. The van der Waals surface area contributed by atoms with Gasteiger partial charge in [-0.15, -0.1) is 0 Å². The number of thioether (sulfide) groups is 1. The summed E-state index contributed by atoms with van der Waals surface area (Å²) in [6.45, 7) is -0.229. The Morgan fingerprint density at radius 3 is 2.81 bits per heavy atom. The molecular weight excluding hydrogens is 294 g/mol. The number of benzene rings is 1. The van der Waals surface area contributed by atoms with Crippen LogP contribution >= 0.6 is 11.8 Å². The van der Waals surface area contributed by atoms with Crippen molar-refractivity contribution in [3.63, 3.8) is 0 Å². The van der Waals surface area contributed by atoms with E-state index in [0.29, 0.717) is 23.7 Å². The molecule has 7 heteroatoms. The Balaban J connectivity index is 1.91. The van der Waals surface area contributed by atoms with Gasteiger partial charge in [0.2, 0.25) is 0 Å². The van der Waals surface area contributed by atoms with E-state index in [4.69, 9.17) is 9.47 Å². The summed E-state index contributed by atoms with van der Waals surface area (Å²) in [5.74, 6) is 0.790. The van der Waals surface area contributed by atoms with E-state index in [-0.39, 0.29) is 6.61 Å². The van der Waals surface area contributed by atoms with E-state index < -0.39 is 17.4 Å². The van der Waals surface area contributed by atoms with Crippen LogP contribution in [0.2, 0.25) is 0 Å². The molecule has 1 fully saturated rings. The summed E-state index contributed by atoms with van der Waals surface area (Å²) >= 11 is 1.52. The Bertz CT molecular complexity index is 528. The van der Waals surface area contributed by atoms with Gasteiger partial charge in [-0.3, -0.25) is 4.79 Å². The zero-order chi connectivity index (χ0) is 15.3. The van der Waals surface area contributed by atoms with Crippen molar-refractivity contribution in [2.45, 2.75) is 12.0 Å². The molecule has 0 radical (unpaired) electrons. The molecule has 1 aliphatic rings. The molecular formula is C14H17NO5S. The molecule has 2 rings (SSSR count). The average Bonchev–Trinajstić information content (AvgIpc) is 2.95. The van der Waals surface area contributed by atoms with E-state index in [1.807, 2.05) is 0 Å². The minimum atomic E-state index is -1.17. The van der Waals surface area contributed by atoms with Gasteiger partial charge in [-0.05, 0) is 24.3 Å². The number of aliphatic carboxylic acids is 1. The highest BCUT2D eigenvalue weighted by Gasteiger charge is 2.43. The Labute approximate surface area is 126 Å². The largest absolute Gasteiger partial charge is 0.497 e. The van der Waals surface area contributed by atoms with Crippen molar-refractivity contribution in [3.8, 4) is 11.5 Å². The fourth-order valence-electron chi connectivity index (χ4n) is 2.03. The molecule has 1 unspecified atom stereocenters. The zero-order valence-electron chi connectivity index (χ0n) is 11.6. The summed E-state index contributed by atoms with van der Waals surface area (Å²) in [7, 11) is 1.54. The lowest BCUT2D eigenvalue weighted by atomic mass is 9.99. The van der Waals surface area contributed by atoms with Gasteiger partial charge in [-0.25, -0.2) is 4.79 Å². The molecule has 6 nitrogen and oxygen atoms in total. The normalized spacial score (nSPS) is 20.8. The molecule has 0 aliphatic carbocycles. The van der Waals surface area contributed by atoms with Crippen LogP contribution in [-0.2, 0) is 9.59 Å². The van der Waals surface area contributed by atoms with E-state index in [1.165, 1.54) is 11.8 Å². The van der Waals surface area contributed by atoms with E-state index in [2.05, 4.69) is 5.32 Å². The summed E-state index contributed by atoms with van der Waals surface area (Å²) in [6.07, 6.45) is 0.428. The third-order valence-electron chi connectivity index (χ3n) is 3.22. The maximum Gasteiger partial charge on any atom is 0.330 e. The van der Waals surface area contributed by atoms with Crippen molar-refractivity contribution in [3.05, 3.63) is 24.3 Å². The number of ether oxygens (including phenoxy) is 2. The third-order valence-corrected chi connectivity index (χ3v) is 4.41. The van der Waals surface area contributed by atoms with Crippen molar-refractivity contribution in [1.82, 2.24) is 5.32 Å². The lowest BCUT2D eigenvalue weighted by molar-refractivity contribution is -0.146. The molecule has 2 N–H and O–H groups in total. The van der Waals surface area contributed by atoms with Crippen molar-refractivity contribution in [2.75, 3.05) is 25.2 Å². The van der Waals surface area contributed by atoms with Crippen LogP contribution in [0.15, 0.2) is 24.3 Å². The van der Waals surface area contributed by atoms with E-state index >= 15 is 0 Å². The standard InChI is InChI=1S/C14H17NO5S/c1-19-10-3-2-4-11(7-10)20-8-12(16)15-14(13(17)18)5-6-21-9-14/h2-4,7H,5-6,8-9H2,1H3,(H,15,16)(H,17,18). The van der Waals surface area contributed by atoms with Gasteiger partial charge in [0.25, 0.3) is 5.91 Å². The van der Waals surface area contributed by atoms with Gasteiger partial charge < -0.3 is 19.9 Å². The fraction of sp³-hybridized carbons (Fsp3) is 0.429. The first kappa shape index (κ1) is 15.5. The van der Waals surface area contributed by atoms with Gasteiger partial charge in [0.05, 0.1) is 7.11 Å². The predicted octanol–water partition coefficient (Wildman–Crippen LogP) is 1.15. The molecule has 0 spiro atoms. The highest BCUT2D eigenvalue weighted by atomic mass is 32.2. The van der Waals surface area contributed by atoms with Crippen LogP contribution in [0.5, 0.6) is 11.5 Å². The number of hydrogen-bond acceptors (Lipinski definition) is 5. The van der Waals surface area contributed by atoms with Gasteiger partial charge in [-0.2, -0.15) is 11.8 Å².